The molecule has 2 aliphatic rings. The quantitative estimate of drug-likeness (QED) is 0.846. The Balaban J connectivity index is 1.50. The molecule has 0 radical (unpaired) electrons. The average molecular weight is 366 g/mol. The van der Waals surface area contributed by atoms with Crippen molar-refractivity contribution in [2.45, 2.75) is 44.9 Å². The van der Waals surface area contributed by atoms with Gasteiger partial charge < -0.3 is 10.1 Å². The first-order valence-corrected chi connectivity index (χ1v) is 10.4. The Hall–Kier alpha value is -1.60. The molecule has 1 fully saturated rings. The van der Waals surface area contributed by atoms with Gasteiger partial charge in [0.25, 0.3) is 0 Å². The number of hydrogen-bond acceptors (Lipinski definition) is 5. The normalized spacial score (nSPS) is 23.3. The predicted molar refractivity (Wildman–Crippen MR) is 96.4 cm³/mol. The number of amides is 1. The molecule has 138 valence electrons. The number of benzene rings is 1. The SMILES string of the molecule is CN(CC(=O)NCc1ccc2c(c1)CC(C)(C)O2)[C@H]1CCS(=O)(=O)C1. The van der Waals surface area contributed by atoms with Gasteiger partial charge in [-0.05, 0) is 44.5 Å². The van der Waals surface area contributed by atoms with E-state index in [9.17, 15) is 13.2 Å². The Morgan fingerprint density at radius 3 is 2.84 bits per heavy atom. The first kappa shape index (κ1) is 18.2. The Labute approximate surface area is 149 Å². The summed E-state index contributed by atoms with van der Waals surface area (Å²) in [6.45, 7) is 4.80. The molecule has 1 amide bonds. The van der Waals surface area contributed by atoms with E-state index in [0.717, 1.165) is 17.7 Å². The molecule has 1 atom stereocenters. The number of carbonyl (C=O) groups is 1. The van der Waals surface area contributed by atoms with Crippen LogP contribution in [0.4, 0.5) is 0 Å². The molecular formula is C18H26N2O4S. The molecule has 0 aromatic heterocycles. The van der Waals surface area contributed by atoms with Crippen LogP contribution in [0, 0.1) is 0 Å². The summed E-state index contributed by atoms with van der Waals surface area (Å²) in [5.74, 6) is 1.19. The van der Waals surface area contributed by atoms with E-state index in [-0.39, 0.29) is 35.6 Å². The number of likely N-dealkylation sites (N-methyl/N-ethyl adjacent to an activating group) is 1. The molecule has 0 bridgehead atoms. The molecule has 0 aliphatic carbocycles. The number of nitrogens with zero attached hydrogens (tertiary/aromatic N) is 1. The van der Waals surface area contributed by atoms with E-state index in [0.29, 0.717) is 13.0 Å². The van der Waals surface area contributed by atoms with E-state index in [1.54, 1.807) is 7.05 Å². The van der Waals surface area contributed by atoms with Crippen LogP contribution in [-0.4, -0.2) is 56.0 Å². The van der Waals surface area contributed by atoms with E-state index < -0.39 is 9.84 Å². The van der Waals surface area contributed by atoms with Crippen molar-refractivity contribution in [2.75, 3.05) is 25.1 Å². The summed E-state index contributed by atoms with van der Waals surface area (Å²) in [4.78, 5) is 14.0. The molecule has 2 aliphatic heterocycles. The zero-order valence-corrected chi connectivity index (χ0v) is 15.9. The van der Waals surface area contributed by atoms with Gasteiger partial charge in [-0.3, -0.25) is 9.69 Å². The fraction of sp³-hybridized carbons (Fsp3) is 0.611. The van der Waals surface area contributed by atoms with Crippen molar-refractivity contribution in [3.05, 3.63) is 29.3 Å². The molecule has 3 rings (SSSR count). The summed E-state index contributed by atoms with van der Waals surface area (Å²) >= 11 is 0. The second-order valence-electron chi connectivity index (χ2n) is 7.73. The number of nitrogens with one attached hydrogen (secondary N) is 1. The van der Waals surface area contributed by atoms with Crippen molar-refractivity contribution in [1.82, 2.24) is 10.2 Å². The highest BCUT2D eigenvalue weighted by atomic mass is 32.2. The van der Waals surface area contributed by atoms with E-state index in [4.69, 9.17) is 4.74 Å². The maximum absolute atomic E-state index is 12.2. The molecule has 0 saturated carbocycles. The number of sulfone groups is 1. The van der Waals surface area contributed by atoms with E-state index in [2.05, 4.69) is 25.2 Å². The fourth-order valence-corrected chi connectivity index (χ4v) is 5.31. The minimum absolute atomic E-state index is 0.0601. The monoisotopic (exact) mass is 366 g/mol. The third-order valence-electron chi connectivity index (χ3n) is 4.84. The maximum atomic E-state index is 12.2. The van der Waals surface area contributed by atoms with E-state index in [1.807, 2.05) is 17.0 Å². The molecule has 1 N–H and O–H groups in total. The highest BCUT2D eigenvalue weighted by Gasteiger charge is 2.31. The number of hydrogen-bond donors (Lipinski definition) is 1. The van der Waals surface area contributed by atoms with Crippen molar-refractivity contribution < 1.29 is 17.9 Å². The number of rotatable bonds is 5. The van der Waals surface area contributed by atoms with Crippen molar-refractivity contribution >= 4 is 15.7 Å². The van der Waals surface area contributed by atoms with Crippen LogP contribution in [-0.2, 0) is 27.6 Å². The Kier molecular flexibility index (Phi) is 4.81. The van der Waals surface area contributed by atoms with Crippen LogP contribution in [0.1, 0.15) is 31.4 Å². The maximum Gasteiger partial charge on any atom is 0.234 e. The van der Waals surface area contributed by atoms with E-state index >= 15 is 0 Å². The minimum atomic E-state index is -2.93. The van der Waals surface area contributed by atoms with Gasteiger partial charge in [0.2, 0.25) is 5.91 Å². The van der Waals surface area contributed by atoms with E-state index in [1.165, 1.54) is 5.56 Å². The molecule has 25 heavy (non-hydrogen) atoms. The van der Waals surface area contributed by atoms with Crippen molar-refractivity contribution in [3.8, 4) is 5.75 Å². The zero-order chi connectivity index (χ0) is 18.2. The van der Waals surface area contributed by atoms with Crippen LogP contribution < -0.4 is 10.1 Å². The summed E-state index contributed by atoms with van der Waals surface area (Å²) in [7, 11) is -1.13. The van der Waals surface area contributed by atoms with Gasteiger partial charge in [0.15, 0.2) is 9.84 Å². The number of fused-ring (bicyclic) bond motifs is 1. The van der Waals surface area contributed by atoms with Crippen molar-refractivity contribution in [3.63, 3.8) is 0 Å². The van der Waals surface area contributed by atoms with Crippen molar-refractivity contribution in [2.24, 2.45) is 0 Å². The summed E-state index contributed by atoms with van der Waals surface area (Å²) in [5, 5.41) is 2.92. The molecule has 1 aromatic rings. The van der Waals surface area contributed by atoms with Crippen LogP contribution >= 0.6 is 0 Å². The molecule has 0 spiro atoms. The van der Waals surface area contributed by atoms with Gasteiger partial charge in [-0.2, -0.15) is 0 Å². The molecule has 1 saturated heterocycles. The van der Waals surface area contributed by atoms with Gasteiger partial charge in [-0.25, -0.2) is 8.42 Å². The minimum Gasteiger partial charge on any atom is -0.487 e. The lowest BCUT2D eigenvalue weighted by molar-refractivity contribution is -0.122. The summed E-state index contributed by atoms with van der Waals surface area (Å²) in [6, 6.07) is 5.95. The van der Waals surface area contributed by atoms with Gasteiger partial charge in [0, 0.05) is 19.0 Å². The standard InChI is InChI=1S/C18H26N2O4S/c1-18(2)9-14-8-13(4-5-16(14)24-18)10-19-17(21)11-20(3)15-6-7-25(22,23)12-15/h4-5,8,15H,6-7,9-12H2,1-3H3,(H,19,21)/t15-/m0/s1. The Bertz CT molecular complexity index is 773. The van der Waals surface area contributed by atoms with Gasteiger partial charge >= 0.3 is 0 Å². The molecule has 1 aromatic carbocycles. The molecule has 0 unspecified atom stereocenters. The molecule has 2 heterocycles. The van der Waals surface area contributed by atoms with Gasteiger partial charge in [0.1, 0.15) is 11.4 Å². The zero-order valence-electron chi connectivity index (χ0n) is 15.0. The van der Waals surface area contributed by atoms with Crippen LogP contribution in [0.5, 0.6) is 5.75 Å². The number of carbonyl (C=O) groups excluding carboxylic acids is 1. The van der Waals surface area contributed by atoms with Gasteiger partial charge in [0.05, 0.1) is 18.1 Å². The second kappa shape index (κ2) is 6.61. The van der Waals surface area contributed by atoms with Crippen LogP contribution in [0.3, 0.4) is 0 Å². The average Bonchev–Trinajstić information content (AvgIpc) is 3.01. The lowest BCUT2D eigenvalue weighted by atomic mass is 10.0. The fourth-order valence-electron chi connectivity index (χ4n) is 3.51. The Morgan fingerprint density at radius 2 is 2.16 bits per heavy atom. The van der Waals surface area contributed by atoms with Crippen LogP contribution in [0.25, 0.3) is 0 Å². The lowest BCUT2D eigenvalue weighted by Gasteiger charge is -2.22. The molecule has 7 heteroatoms. The van der Waals surface area contributed by atoms with Crippen LogP contribution in [0.15, 0.2) is 18.2 Å². The topological polar surface area (TPSA) is 75.7 Å². The Morgan fingerprint density at radius 1 is 1.40 bits per heavy atom. The summed E-state index contributed by atoms with van der Waals surface area (Å²) in [5.41, 5.74) is 2.04. The first-order chi connectivity index (χ1) is 11.6. The summed E-state index contributed by atoms with van der Waals surface area (Å²) in [6.07, 6.45) is 1.47. The van der Waals surface area contributed by atoms with Crippen LogP contribution in [0.2, 0.25) is 0 Å². The van der Waals surface area contributed by atoms with Gasteiger partial charge in [-0.15, -0.1) is 0 Å². The van der Waals surface area contributed by atoms with Crippen molar-refractivity contribution in [1.29, 1.82) is 0 Å². The lowest BCUT2D eigenvalue weighted by Crippen LogP contribution is -2.41. The third-order valence-corrected chi connectivity index (χ3v) is 6.59. The highest BCUT2D eigenvalue weighted by Crippen LogP contribution is 2.35. The first-order valence-electron chi connectivity index (χ1n) is 8.62. The largest absolute Gasteiger partial charge is 0.487 e. The highest BCUT2D eigenvalue weighted by molar-refractivity contribution is 7.91. The number of ether oxygens (including phenoxy) is 1. The molecular weight excluding hydrogens is 340 g/mol. The van der Waals surface area contributed by atoms with Gasteiger partial charge in [-0.1, -0.05) is 12.1 Å². The molecule has 6 nitrogen and oxygen atoms in total. The summed E-state index contributed by atoms with van der Waals surface area (Å²) < 4.78 is 28.9. The second-order valence-corrected chi connectivity index (χ2v) is 9.96. The third kappa shape index (κ3) is 4.52. The predicted octanol–water partition coefficient (Wildman–Crippen LogP) is 1.14. The smallest absolute Gasteiger partial charge is 0.234 e.